The Kier molecular flexibility index (Phi) is 3.69. The molecule has 0 atom stereocenters. The van der Waals surface area contributed by atoms with Gasteiger partial charge in [0.05, 0.1) is 5.56 Å². The topological polar surface area (TPSA) is 51.0 Å². The van der Waals surface area contributed by atoms with Crippen molar-refractivity contribution < 1.29 is 4.52 Å². The molecule has 4 heteroatoms. The normalized spacial score (nSPS) is 10.6. The third-order valence-electron chi connectivity index (χ3n) is 3.47. The monoisotopic (exact) mass is 279 g/mol. The summed E-state index contributed by atoms with van der Waals surface area (Å²) in [6, 6.07) is 16.1. The third-order valence-corrected chi connectivity index (χ3v) is 3.47. The van der Waals surface area contributed by atoms with E-state index in [-0.39, 0.29) is 0 Å². The lowest BCUT2D eigenvalue weighted by molar-refractivity contribution is 0.432. The molecule has 3 aromatic rings. The molecule has 21 heavy (non-hydrogen) atoms. The smallest absolute Gasteiger partial charge is 0.260 e. The molecule has 0 unspecified atom stereocenters. The van der Waals surface area contributed by atoms with E-state index >= 15 is 0 Å². The Labute approximate surface area is 123 Å². The first-order valence-corrected chi connectivity index (χ1v) is 7.02. The van der Waals surface area contributed by atoms with Crippen LogP contribution in [0.1, 0.15) is 12.5 Å². The zero-order valence-electron chi connectivity index (χ0n) is 12.1. The van der Waals surface area contributed by atoms with Gasteiger partial charge in [0.15, 0.2) is 0 Å². The number of rotatable bonds is 4. The second kappa shape index (κ2) is 5.79. The molecule has 0 spiro atoms. The Morgan fingerprint density at radius 1 is 1.05 bits per heavy atom. The fraction of sp³-hybridized carbons (Fsp3) is 0.176. The number of anilines is 1. The second-order valence-corrected chi connectivity index (χ2v) is 4.77. The predicted octanol–water partition coefficient (Wildman–Crippen LogP) is 4.01. The maximum atomic E-state index is 5.40. The van der Waals surface area contributed by atoms with E-state index in [4.69, 9.17) is 4.52 Å². The van der Waals surface area contributed by atoms with E-state index in [9.17, 15) is 0 Å². The maximum Gasteiger partial charge on any atom is 0.260 e. The fourth-order valence-electron chi connectivity index (χ4n) is 2.23. The van der Waals surface area contributed by atoms with Crippen LogP contribution in [0.3, 0.4) is 0 Å². The first-order valence-electron chi connectivity index (χ1n) is 7.02. The number of hydrogen-bond donors (Lipinski definition) is 1. The number of hydrogen-bond acceptors (Lipinski definition) is 4. The number of aromatic nitrogens is 2. The number of aryl methyl sites for hydroxylation is 1. The summed E-state index contributed by atoms with van der Waals surface area (Å²) in [6.07, 6.45) is 1.02. The summed E-state index contributed by atoms with van der Waals surface area (Å²) in [7, 11) is 1.87. The van der Waals surface area contributed by atoms with Gasteiger partial charge in [-0.2, -0.15) is 4.98 Å². The number of nitrogens with zero attached hydrogens (tertiary/aromatic N) is 2. The van der Waals surface area contributed by atoms with Crippen LogP contribution < -0.4 is 5.32 Å². The summed E-state index contributed by atoms with van der Waals surface area (Å²) in [5.41, 5.74) is 4.13. The van der Waals surface area contributed by atoms with Crippen molar-refractivity contribution in [3.8, 4) is 22.8 Å². The molecule has 0 aliphatic carbocycles. The van der Waals surface area contributed by atoms with E-state index in [1.54, 1.807) is 0 Å². The highest BCUT2D eigenvalue weighted by Crippen LogP contribution is 2.28. The van der Waals surface area contributed by atoms with Crippen molar-refractivity contribution in [1.29, 1.82) is 0 Å². The van der Waals surface area contributed by atoms with Crippen molar-refractivity contribution in [2.24, 2.45) is 0 Å². The molecule has 0 aliphatic heterocycles. The molecule has 0 bridgehead atoms. The van der Waals surface area contributed by atoms with Crippen molar-refractivity contribution in [1.82, 2.24) is 10.1 Å². The zero-order valence-corrected chi connectivity index (χ0v) is 12.1. The molecule has 0 radical (unpaired) electrons. The van der Waals surface area contributed by atoms with Gasteiger partial charge in [-0.05, 0) is 24.1 Å². The molecule has 1 aromatic heterocycles. The van der Waals surface area contributed by atoms with Crippen LogP contribution in [0, 0.1) is 0 Å². The molecule has 0 aliphatic rings. The summed E-state index contributed by atoms with van der Waals surface area (Å²) in [4.78, 5) is 4.50. The van der Waals surface area contributed by atoms with Crippen molar-refractivity contribution in [2.45, 2.75) is 13.3 Å². The molecular weight excluding hydrogens is 262 g/mol. The van der Waals surface area contributed by atoms with E-state index < -0.39 is 0 Å². The Hall–Kier alpha value is -2.62. The van der Waals surface area contributed by atoms with Crippen LogP contribution in [-0.2, 0) is 6.42 Å². The van der Waals surface area contributed by atoms with Crippen LogP contribution in [0.4, 0.5) is 5.69 Å². The minimum Gasteiger partial charge on any atom is -0.387 e. The van der Waals surface area contributed by atoms with E-state index in [0.29, 0.717) is 11.7 Å². The first kappa shape index (κ1) is 13.4. The van der Waals surface area contributed by atoms with E-state index in [2.05, 4.69) is 34.5 Å². The van der Waals surface area contributed by atoms with Crippen LogP contribution >= 0.6 is 0 Å². The van der Waals surface area contributed by atoms with Gasteiger partial charge in [-0.3, -0.25) is 0 Å². The van der Waals surface area contributed by atoms with Crippen molar-refractivity contribution in [3.63, 3.8) is 0 Å². The number of para-hydroxylation sites is 1. The van der Waals surface area contributed by atoms with Crippen LogP contribution in [0.2, 0.25) is 0 Å². The van der Waals surface area contributed by atoms with Gasteiger partial charge in [0, 0.05) is 18.3 Å². The zero-order chi connectivity index (χ0) is 14.7. The van der Waals surface area contributed by atoms with E-state index in [1.165, 1.54) is 5.56 Å². The molecule has 0 saturated carbocycles. The second-order valence-electron chi connectivity index (χ2n) is 4.77. The average molecular weight is 279 g/mol. The summed E-state index contributed by atoms with van der Waals surface area (Å²) in [5, 5.41) is 7.21. The minimum absolute atomic E-state index is 0.523. The van der Waals surface area contributed by atoms with Gasteiger partial charge in [0.25, 0.3) is 5.89 Å². The molecule has 1 heterocycles. The van der Waals surface area contributed by atoms with Gasteiger partial charge in [-0.1, -0.05) is 48.5 Å². The fourth-order valence-corrected chi connectivity index (χ4v) is 2.23. The Balaban J connectivity index is 1.95. The molecule has 0 fully saturated rings. The SMILES string of the molecule is CCc1ccc(-c2noc(-c3ccccc3NC)n2)cc1. The van der Waals surface area contributed by atoms with E-state index in [1.807, 2.05) is 43.4 Å². The third kappa shape index (κ3) is 2.65. The molecule has 106 valence electrons. The highest BCUT2D eigenvalue weighted by molar-refractivity contribution is 5.73. The van der Waals surface area contributed by atoms with Gasteiger partial charge in [0.2, 0.25) is 5.82 Å². The standard InChI is InChI=1S/C17H17N3O/c1-3-12-8-10-13(11-9-12)16-19-17(21-20-16)14-6-4-5-7-15(14)18-2/h4-11,18H,3H2,1-2H3. The van der Waals surface area contributed by atoms with Crippen LogP contribution in [0.25, 0.3) is 22.8 Å². The van der Waals surface area contributed by atoms with Crippen LogP contribution in [-0.4, -0.2) is 17.2 Å². The van der Waals surface area contributed by atoms with Gasteiger partial charge in [-0.15, -0.1) is 0 Å². The Morgan fingerprint density at radius 3 is 2.52 bits per heavy atom. The van der Waals surface area contributed by atoms with E-state index in [0.717, 1.165) is 23.2 Å². The largest absolute Gasteiger partial charge is 0.387 e. The van der Waals surface area contributed by atoms with Crippen LogP contribution in [0.5, 0.6) is 0 Å². The lowest BCUT2D eigenvalue weighted by atomic mass is 10.1. The summed E-state index contributed by atoms with van der Waals surface area (Å²) < 4.78 is 5.40. The first-order chi connectivity index (χ1) is 10.3. The minimum atomic E-state index is 0.523. The molecule has 0 saturated heterocycles. The molecular formula is C17H17N3O. The maximum absolute atomic E-state index is 5.40. The average Bonchev–Trinajstić information content (AvgIpc) is 3.04. The van der Waals surface area contributed by atoms with Gasteiger partial charge >= 0.3 is 0 Å². The van der Waals surface area contributed by atoms with Crippen LogP contribution in [0.15, 0.2) is 53.1 Å². The van der Waals surface area contributed by atoms with Crippen molar-refractivity contribution >= 4 is 5.69 Å². The highest BCUT2D eigenvalue weighted by atomic mass is 16.5. The van der Waals surface area contributed by atoms with Crippen molar-refractivity contribution in [3.05, 3.63) is 54.1 Å². The molecule has 2 aromatic carbocycles. The molecule has 1 N–H and O–H groups in total. The van der Waals surface area contributed by atoms with Gasteiger partial charge < -0.3 is 9.84 Å². The lowest BCUT2D eigenvalue weighted by Crippen LogP contribution is -1.91. The quantitative estimate of drug-likeness (QED) is 0.784. The highest BCUT2D eigenvalue weighted by Gasteiger charge is 2.13. The van der Waals surface area contributed by atoms with Gasteiger partial charge in [0.1, 0.15) is 0 Å². The molecule has 0 amide bonds. The number of nitrogens with one attached hydrogen (secondary N) is 1. The number of benzene rings is 2. The van der Waals surface area contributed by atoms with Crippen molar-refractivity contribution in [2.75, 3.05) is 12.4 Å². The van der Waals surface area contributed by atoms with Gasteiger partial charge in [-0.25, -0.2) is 0 Å². The summed E-state index contributed by atoms with van der Waals surface area (Å²) >= 11 is 0. The Bertz CT molecular complexity index is 732. The Morgan fingerprint density at radius 2 is 1.81 bits per heavy atom. The predicted molar refractivity (Wildman–Crippen MR) is 84.1 cm³/mol. The molecule has 3 rings (SSSR count). The summed E-state index contributed by atoms with van der Waals surface area (Å²) in [5.74, 6) is 1.13. The summed E-state index contributed by atoms with van der Waals surface area (Å²) in [6.45, 7) is 2.14. The lowest BCUT2D eigenvalue weighted by Gasteiger charge is -2.03. The molecule has 4 nitrogen and oxygen atoms in total.